The molecule has 0 bridgehead atoms. The normalized spacial score (nSPS) is 13.2. The Labute approximate surface area is 202 Å². The van der Waals surface area contributed by atoms with Gasteiger partial charge in [-0.25, -0.2) is 0 Å². The Hall–Kier alpha value is -0.810. The summed E-state index contributed by atoms with van der Waals surface area (Å²) in [5.74, 6) is -0.198. The molecule has 0 radical (unpaired) electrons. The maximum atomic E-state index is 12.3. The molecule has 5 nitrogen and oxygen atoms in total. The van der Waals surface area contributed by atoms with Crippen molar-refractivity contribution >= 4 is 23.5 Å². The molecule has 0 saturated heterocycles. The van der Waals surface area contributed by atoms with Gasteiger partial charge in [0.2, 0.25) is 5.56 Å². The van der Waals surface area contributed by atoms with Crippen LogP contribution >= 0.6 is 11.6 Å². The predicted molar refractivity (Wildman–Crippen MR) is 134 cm³/mol. The minimum absolute atomic E-state index is 0.0804. The second kappa shape index (κ2) is 22.0. The maximum absolute atomic E-state index is 12.3. The molecule has 0 aromatic heterocycles. The predicted octanol–water partition coefficient (Wildman–Crippen LogP) is 7.10. The monoisotopic (exact) mass is 475 g/mol. The molecule has 0 aliphatic rings. The molecule has 0 aliphatic heterocycles. The van der Waals surface area contributed by atoms with E-state index in [4.69, 9.17) is 21.1 Å². The highest BCUT2D eigenvalue weighted by Crippen LogP contribution is 2.22. The number of unbranched alkanes of at least 4 members (excludes halogenated alkanes) is 9. The molecule has 0 heterocycles. The van der Waals surface area contributed by atoms with Crippen LogP contribution in [0, 0.1) is 5.92 Å². The summed E-state index contributed by atoms with van der Waals surface area (Å²) >= 11 is 6.05. The first-order valence-electron chi connectivity index (χ1n) is 13.0. The molecule has 32 heavy (non-hydrogen) atoms. The van der Waals surface area contributed by atoms with Crippen LogP contribution < -0.4 is 0 Å². The van der Waals surface area contributed by atoms with Gasteiger partial charge >= 0.3 is 11.9 Å². The quantitative estimate of drug-likeness (QED) is 0.0949. The van der Waals surface area contributed by atoms with Crippen LogP contribution in [0.15, 0.2) is 0 Å². The number of rotatable bonds is 22. The summed E-state index contributed by atoms with van der Waals surface area (Å²) < 4.78 is 10.5. The van der Waals surface area contributed by atoms with Gasteiger partial charge in [0.1, 0.15) is 6.61 Å². The Morgan fingerprint density at radius 1 is 0.781 bits per heavy atom. The molecule has 0 aromatic carbocycles. The van der Waals surface area contributed by atoms with E-state index in [1.807, 2.05) is 14.1 Å². The number of carbonyl (C=O) groups excluding carboxylic acids is 2. The van der Waals surface area contributed by atoms with Crippen molar-refractivity contribution in [3.05, 3.63) is 0 Å². The summed E-state index contributed by atoms with van der Waals surface area (Å²) in [5.41, 5.74) is -0.915. The van der Waals surface area contributed by atoms with Crippen LogP contribution in [0.4, 0.5) is 0 Å². The fraction of sp³-hybridized carbons (Fsp3) is 0.923. The maximum Gasteiger partial charge on any atom is 0.307 e. The zero-order valence-electron chi connectivity index (χ0n) is 21.3. The molecule has 6 heteroatoms. The van der Waals surface area contributed by atoms with Crippen LogP contribution in [0.2, 0.25) is 0 Å². The summed E-state index contributed by atoms with van der Waals surface area (Å²) in [6, 6.07) is 0. The van der Waals surface area contributed by atoms with Gasteiger partial charge in [-0.1, -0.05) is 89.7 Å². The molecule has 0 spiro atoms. The lowest BCUT2D eigenvalue weighted by Crippen LogP contribution is -2.22. The average molecular weight is 476 g/mol. The smallest absolute Gasteiger partial charge is 0.307 e. The van der Waals surface area contributed by atoms with E-state index in [0.717, 1.165) is 38.6 Å². The third-order valence-electron chi connectivity index (χ3n) is 5.76. The Balaban J connectivity index is 4.11. The van der Waals surface area contributed by atoms with Crippen LogP contribution in [0.1, 0.15) is 117 Å². The minimum atomic E-state index is -0.915. The Kier molecular flexibility index (Phi) is 21.4. The first-order valence-corrected chi connectivity index (χ1v) is 13.5. The lowest BCUT2D eigenvalue weighted by molar-refractivity contribution is -0.155. The van der Waals surface area contributed by atoms with Crippen molar-refractivity contribution in [3.8, 4) is 0 Å². The fourth-order valence-electron chi connectivity index (χ4n) is 3.81. The molecule has 0 rings (SSSR count). The highest BCUT2D eigenvalue weighted by Gasteiger charge is 2.18. The Bertz CT molecular complexity index is 459. The Morgan fingerprint density at radius 2 is 1.34 bits per heavy atom. The molecule has 0 fully saturated rings. The van der Waals surface area contributed by atoms with Crippen molar-refractivity contribution in [2.45, 2.75) is 122 Å². The summed E-state index contributed by atoms with van der Waals surface area (Å²) in [5, 5.41) is 0. The molecule has 0 aliphatic carbocycles. The van der Waals surface area contributed by atoms with E-state index in [9.17, 15) is 9.59 Å². The van der Waals surface area contributed by atoms with Gasteiger partial charge in [-0.2, -0.15) is 0 Å². The van der Waals surface area contributed by atoms with Crippen molar-refractivity contribution in [1.82, 2.24) is 4.90 Å². The third kappa shape index (κ3) is 21.1. The molecule has 0 saturated carbocycles. The first-order chi connectivity index (χ1) is 15.4. The summed E-state index contributed by atoms with van der Waals surface area (Å²) in [6.45, 7) is 5.30. The highest BCUT2D eigenvalue weighted by molar-refractivity contribution is 6.20. The van der Waals surface area contributed by atoms with Crippen LogP contribution in [0.3, 0.4) is 0 Å². The molecular weight excluding hydrogens is 426 g/mol. The Morgan fingerprint density at radius 3 is 1.97 bits per heavy atom. The van der Waals surface area contributed by atoms with Gasteiger partial charge in [-0.15, -0.1) is 0 Å². The lowest BCUT2D eigenvalue weighted by atomic mass is 9.92. The van der Waals surface area contributed by atoms with E-state index in [-0.39, 0.29) is 18.5 Å². The molecule has 0 N–H and O–H groups in total. The third-order valence-corrected chi connectivity index (χ3v) is 5.97. The van der Waals surface area contributed by atoms with Gasteiger partial charge in [-0.3, -0.25) is 9.59 Å². The van der Waals surface area contributed by atoms with Gasteiger partial charge in [-0.05, 0) is 52.2 Å². The number of carbonyl (C=O) groups is 2. The average Bonchev–Trinajstić information content (AvgIpc) is 2.74. The summed E-state index contributed by atoms with van der Waals surface area (Å²) in [6.07, 6.45) is 17.2. The number of alkyl halides is 1. The number of nitrogens with zero attached hydrogens (tertiary/aromatic N) is 1. The van der Waals surface area contributed by atoms with E-state index in [1.165, 1.54) is 57.8 Å². The number of esters is 2. The van der Waals surface area contributed by atoms with Crippen molar-refractivity contribution in [1.29, 1.82) is 0 Å². The van der Waals surface area contributed by atoms with Crippen LogP contribution in [-0.2, 0) is 19.1 Å². The minimum Gasteiger partial charge on any atom is -0.460 e. The van der Waals surface area contributed by atoms with Crippen LogP contribution in [0.5, 0.6) is 0 Å². The van der Waals surface area contributed by atoms with Gasteiger partial charge in [0, 0.05) is 12.8 Å². The standard InChI is InChI=1S/C26H50ClNO4/c1-5-7-9-10-11-12-14-18-23(17-13-8-6-2)21-26(30)31-22-24(27)32-25(29)19-15-16-20-28(3)4/h23-24H,5-22H2,1-4H3. The molecule has 2 atom stereocenters. The van der Waals surface area contributed by atoms with Crippen LogP contribution in [-0.4, -0.2) is 49.6 Å². The summed E-state index contributed by atoms with van der Waals surface area (Å²) in [7, 11) is 4.01. The number of halogens is 1. The topological polar surface area (TPSA) is 55.8 Å². The highest BCUT2D eigenvalue weighted by atomic mass is 35.5. The molecule has 2 unspecified atom stereocenters. The van der Waals surface area contributed by atoms with E-state index in [0.29, 0.717) is 18.8 Å². The van der Waals surface area contributed by atoms with Crippen molar-refractivity contribution in [2.75, 3.05) is 27.2 Å². The largest absolute Gasteiger partial charge is 0.460 e. The number of ether oxygens (including phenoxy) is 2. The zero-order valence-corrected chi connectivity index (χ0v) is 22.1. The van der Waals surface area contributed by atoms with Crippen molar-refractivity contribution in [3.63, 3.8) is 0 Å². The van der Waals surface area contributed by atoms with E-state index in [2.05, 4.69) is 18.7 Å². The first kappa shape index (κ1) is 31.2. The van der Waals surface area contributed by atoms with Gasteiger partial charge < -0.3 is 14.4 Å². The van der Waals surface area contributed by atoms with Crippen LogP contribution in [0.25, 0.3) is 0 Å². The molecule has 190 valence electrons. The SMILES string of the molecule is CCCCCCCCCC(CCCCC)CC(=O)OCC(Cl)OC(=O)CCCCN(C)C. The van der Waals surface area contributed by atoms with Gasteiger partial charge in [0.05, 0.1) is 0 Å². The second-order valence-electron chi connectivity index (χ2n) is 9.32. The molecular formula is C26H50ClNO4. The van der Waals surface area contributed by atoms with Crippen molar-refractivity contribution < 1.29 is 19.1 Å². The zero-order chi connectivity index (χ0) is 24.0. The number of hydrogen-bond donors (Lipinski definition) is 0. The van der Waals surface area contributed by atoms with E-state index in [1.54, 1.807) is 0 Å². The summed E-state index contributed by atoms with van der Waals surface area (Å²) in [4.78, 5) is 26.3. The van der Waals surface area contributed by atoms with E-state index < -0.39 is 5.56 Å². The molecule has 0 amide bonds. The second-order valence-corrected chi connectivity index (χ2v) is 9.81. The van der Waals surface area contributed by atoms with Gasteiger partial charge in [0.15, 0.2) is 0 Å². The molecule has 0 aromatic rings. The van der Waals surface area contributed by atoms with E-state index >= 15 is 0 Å². The lowest BCUT2D eigenvalue weighted by Gasteiger charge is -2.17. The van der Waals surface area contributed by atoms with Crippen molar-refractivity contribution in [2.24, 2.45) is 5.92 Å². The van der Waals surface area contributed by atoms with Gasteiger partial charge in [0.25, 0.3) is 0 Å². The fourth-order valence-corrected chi connectivity index (χ4v) is 3.97. The number of hydrogen-bond acceptors (Lipinski definition) is 5.